The zero-order chi connectivity index (χ0) is 19.4. The molecule has 0 spiro atoms. The van der Waals surface area contributed by atoms with Crippen LogP contribution in [-0.4, -0.2) is 43.0 Å². The molecule has 3 rings (SSSR count). The van der Waals surface area contributed by atoms with Gasteiger partial charge in [-0.25, -0.2) is 0 Å². The maximum absolute atomic E-state index is 12.8. The van der Waals surface area contributed by atoms with Gasteiger partial charge in [0.2, 0.25) is 5.91 Å². The number of methoxy groups -OCH3 is 1. The zero-order valence-corrected chi connectivity index (χ0v) is 15.5. The van der Waals surface area contributed by atoms with Crippen LogP contribution in [0.4, 0.5) is 11.4 Å². The van der Waals surface area contributed by atoms with E-state index in [9.17, 15) is 19.7 Å². The van der Waals surface area contributed by atoms with Crippen molar-refractivity contribution in [2.75, 3.05) is 25.1 Å². The average molecular weight is 375 g/mol. The minimum Gasteiger partial charge on any atom is -0.469 e. The topological polar surface area (TPSA) is 102 Å². The lowest BCUT2D eigenvalue weighted by atomic mass is 9.80. The fourth-order valence-electron chi connectivity index (χ4n) is 4.12. The Bertz CT molecular complexity index is 736. The van der Waals surface area contributed by atoms with Crippen LogP contribution in [0.25, 0.3) is 0 Å². The molecule has 146 valence electrons. The van der Waals surface area contributed by atoms with E-state index in [0.717, 1.165) is 37.1 Å². The van der Waals surface area contributed by atoms with Crippen molar-refractivity contribution in [3.05, 3.63) is 33.9 Å². The van der Waals surface area contributed by atoms with Crippen LogP contribution in [0.2, 0.25) is 0 Å². The Morgan fingerprint density at radius 1 is 1.37 bits per heavy atom. The Kier molecular flexibility index (Phi) is 5.93. The Labute approximate surface area is 158 Å². The predicted octanol–water partition coefficient (Wildman–Crippen LogP) is 2.20. The number of nitro groups is 1. The van der Waals surface area contributed by atoms with Gasteiger partial charge in [0.25, 0.3) is 5.69 Å². The minimum absolute atomic E-state index is 0.0473. The van der Waals surface area contributed by atoms with Crippen molar-refractivity contribution >= 4 is 23.3 Å². The van der Waals surface area contributed by atoms with Crippen LogP contribution in [-0.2, 0) is 20.7 Å². The predicted molar refractivity (Wildman–Crippen MR) is 99.5 cm³/mol. The third-order valence-corrected chi connectivity index (χ3v) is 5.46. The summed E-state index contributed by atoms with van der Waals surface area (Å²) in [5.41, 5.74) is 1.93. The number of nitrogens with one attached hydrogen (secondary N) is 1. The van der Waals surface area contributed by atoms with Gasteiger partial charge in [-0.2, -0.15) is 0 Å². The molecule has 0 aliphatic carbocycles. The van der Waals surface area contributed by atoms with Gasteiger partial charge in [0.1, 0.15) is 0 Å². The van der Waals surface area contributed by atoms with Crippen molar-refractivity contribution in [1.29, 1.82) is 0 Å². The zero-order valence-electron chi connectivity index (χ0n) is 15.5. The molecule has 0 unspecified atom stereocenters. The molecule has 27 heavy (non-hydrogen) atoms. The van der Waals surface area contributed by atoms with Crippen LogP contribution in [0, 0.1) is 16.0 Å². The van der Waals surface area contributed by atoms with E-state index in [0.29, 0.717) is 19.4 Å². The summed E-state index contributed by atoms with van der Waals surface area (Å²) in [5, 5.41) is 14.0. The number of nitro benzene ring substituents is 1. The SMILES string of the molecule is COC(=O)CCCNC(=O)[C@@H]1Cc2cc([N+](=O)[O-])ccc2N2CCCC[C@@H]12. The first-order valence-electron chi connectivity index (χ1n) is 9.39. The number of piperidine rings is 1. The van der Waals surface area contributed by atoms with Gasteiger partial charge in [-0.3, -0.25) is 19.7 Å². The smallest absolute Gasteiger partial charge is 0.305 e. The van der Waals surface area contributed by atoms with E-state index in [4.69, 9.17) is 0 Å². The molecule has 2 aliphatic rings. The monoisotopic (exact) mass is 375 g/mol. The molecule has 0 bridgehead atoms. The highest BCUT2D eigenvalue weighted by atomic mass is 16.6. The number of hydrogen-bond donors (Lipinski definition) is 1. The number of non-ortho nitro benzene ring substituents is 1. The highest BCUT2D eigenvalue weighted by Gasteiger charge is 2.39. The van der Waals surface area contributed by atoms with Gasteiger partial charge >= 0.3 is 5.97 Å². The summed E-state index contributed by atoms with van der Waals surface area (Å²) in [6, 6.07) is 5.07. The fraction of sp³-hybridized carbons (Fsp3) is 0.579. The molecule has 0 radical (unpaired) electrons. The van der Waals surface area contributed by atoms with Gasteiger partial charge in [-0.15, -0.1) is 0 Å². The Hall–Kier alpha value is -2.64. The lowest BCUT2D eigenvalue weighted by Gasteiger charge is -2.45. The summed E-state index contributed by atoms with van der Waals surface area (Å²) in [5.74, 6) is -0.575. The van der Waals surface area contributed by atoms with Gasteiger partial charge in [0, 0.05) is 43.4 Å². The third-order valence-electron chi connectivity index (χ3n) is 5.46. The van der Waals surface area contributed by atoms with Crippen LogP contribution in [0.5, 0.6) is 0 Å². The quantitative estimate of drug-likeness (QED) is 0.354. The summed E-state index contributed by atoms with van der Waals surface area (Å²) >= 11 is 0. The second-order valence-electron chi connectivity index (χ2n) is 7.11. The van der Waals surface area contributed by atoms with Crippen LogP contribution >= 0.6 is 0 Å². The van der Waals surface area contributed by atoms with E-state index in [2.05, 4.69) is 15.0 Å². The molecule has 8 heteroatoms. The fourth-order valence-corrected chi connectivity index (χ4v) is 4.12. The molecule has 1 aromatic carbocycles. The van der Waals surface area contributed by atoms with Crippen LogP contribution in [0.3, 0.4) is 0 Å². The Morgan fingerprint density at radius 2 is 2.19 bits per heavy atom. The number of benzene rings is 1. The maximum atomic E-state index is 12.8. The number of anilines is 1. The molecule has 1 N–H and O–H groups in total. The molecule has 1 amide bonds. The van der Waals surface area contributed by atoms with Gasteiger partial charge in [-0.1, -0.05) is 0 Å². The molecule has 8 nitrogen and oxygen atoms in total. The van der Waals surface area contributed by atoms with Crippen molar-refractivity contribution in [2.45, 2.75) is 44.6 Å². The highest BCUT2D eigenvalue weighted by Crippen LogP contribution is 2.39. The summed E-state index contributed by atoms with van der Waals surface area (Å²) in [6.07, 6.45) is 4.38. The number of ether oxygens (including phenoxy) is 1. The molecular formula is C19H25N3O5. The first-order valence-corrected chi connectivity index (χ1v) is 9.39. The molecule has 2 heterocycles. The number of nitrogens with zero attached hydrogens (tertiary/aromatic N) is 2. The van der Waals surface area contributed by atoms with Crippen molar-refractivity contribution in [2.24, 2.45) is 5.92 Å². The van der Waals surface area contributed by atoms with Crippen molar-refractivity contribution in [1.82, 2.24) is 5.32 Å². The van der Waals surface area contributed by atoms with Crippen molar-refractivity contribution in [3.8, 4) is 0 Å². The number of amides is 1. The lowest BCUT2D eigenvalue weighted by molar-refractivity contribution is -0.384. The lowest BCUT2D eigenvalue weighted by Crippen LogP contribution is -2.53. The molecule has 0 saturated carbocycles. The molecule has 2 aliphatic heterocycles. The van der Waals surface area contributed by atoms with Crippen molar-refractivity contribution in [3.63, 3.8) is 0 Å². The first-order chi connectivity index (χ1) is 13.0. The first kappa shape index (κ1) is 19.1. The van der Waals surface area contributed by atoms with Gasteiger partial charge in [-0.05, 0) is 43.7 Å². The Morgan fingerprint density at radius 3 is 2.93 bits per heavy atom. The Balaban J connectivity index is 1.73. The number of carbonyl (C=O) groups excluding carboxylic acids is 2. The summed E-state index contributed by atoms with van der Waals surface area (Å²) in [6.45, 7) is 1.28. The summed E-state index contributed by atoms with van der Waals surface area (Å²) in [7, 11) is 1.34. The third kappa shape index (κ3) is 4.20. The number of rotatable bonds is 6. The highest BCUT2D eigenvalue weighted by molar-refractivity contribution is 5.82. The van der Waals surface area contributed by atoms with Gasteiger partial charge < -0.3 is 15.0 Å². The van der Waals surface area contributed by atoms with E-state index in [1.807, 2.05) is 6.07 Å². The molecule has 1 aromatic rings. The van der Waals surface area contributed by atoms with E-state index in [-0.39, 0.29) is 35.9 Å². The molecule has 2 atom stereocenters. The number of carbonyl (C=O) groups is 2. The van der Waals surface area contributed by atoms with Gasteiger partial charge in [0.05, 0.1) is 18.0 Å². The second kappa shape index (κ2) is 8.37. The van der Waals surface area contributed by atoms with Crippen LogP contribution < -0.4 is 10.2 Å². The van der Waals surface area contributed by atoms with E-state index in [1.165, 1.54) is 13.2 Å². The summed E-state index contributed by atoms with van der Waals surface area (Å²) in [4.78, 5) is 36.9. The number of esters is 1. The summed E-state index contributed by atoms with van der Waals surface area (Å²) < 4.78 is 4.60. The van der Waals surface area contributed by atoms with Gasteiger partial charge in [0.15, 0.2) is 0 Å². The number of hydrogen-bond acceptors (Lipinski definition) is 6. The standard InChI is InChI=1S/C19H25N3O5/c1-27-18(23)6-4-9-20-19(24)15-12-13-11-14(22(25)26)7-8-16(13)21-10-3-2-5-17(15)21/h7-8,11,15,17H,2-6,9-10,12H2,1H3,(H,20,24)/t15-,17+/m1/s1. The molecular weight excluding hydrogens is 350 g/mol. The largest absolute Gasteiger partial charge is 0.469 e. The van der Waals surface area contributed by atoms with Crippen molar-refractivity contribution < 1.29 is 19.2 Å². The van der Waals surface area contributed by atoms with Crippen LogP contribution in [0.1, 0.15) is 37.7 Å². The molecule has 1 saturated heterocycles. The maximum Gasteiger partial charge on any atom is 0.305 e. The molecule has 0 aromatic heterocycles. The minimum atomic E-state index is -0.398. The molecule has 1 fully saturated rings. The average Bonchev–Trinajstić information content (AvgIpc) is 2.69. The van der Waals surface area contributed by atoms with Crippen LogP contribution in [0.15, 0.2) is 18.2 Å². The van der Waals surface area contributed by atoms with E-state index < -0.39 is 4.92 Å². The van der Waals surface area contributed by atoms with E-state index >= 15 is 0 Å². The number of fused-ring (bicyclic) bond motifs is 3. The normalized spacial score (nSPS) is 21.0. The second-order valence-corrected chi connectivity index (χ2v) is 7.11. The van der Waals surface area contributed by atoms with E-state index in [1.54, 1.807) is 6.07 Å².